The van der Waals surface area contributed by atoms with Crippen LogP contribution in [-0.2, 0) is 0 Å². The van der Waals surface area contributed by atoms with E-state index in [4.69, 9.17) is 0 Å². The first-order valence-electron chi connectivity index (χ1n) is 5.35. The SMILES string of the molecule is CC#CCC(C(C)C)C(C)(C)CC. The lowest BCUT2D eigenvalue weighted by Crippen LogP contribution is -2.27. The Kier molecular flexibility index (Phi) is 5.14. The summed E-state index contributed by atoms with van der Waals surface area (Å²) in [4.78, 5) is 0. The third-order valence-corrected chi connectivity index (χ3v) is 3.22. The van der Waals surface area contributed by atoms with Gasteiger partial charge in [0.1, 0.15) is 0 Å². The molecular weight excluding hydrogens is 156 g/mol. The van der Waals surface area contributed by atoms with Crippen LogP contribution in [0.4, 0.5) is 0 Å². The van der Waals surface area contributed by atoms with E-state index >= 15 is 0 Å². The van der Waals surface area contributed by atoms with Crippen LogP contribution < -0.4 is 0 Å². The Morgan fingerprint density at radius 2 is 1.77 bits per heavy atom. The van der Waals surface area contributed by atoms with E-state index in [0.29, 0.717) is 5.41 Å². The molecule has 0 aromatic rings. The van der Waals surface area contributed by atoms with E-state index in [1.807, 2.05) is 6.92 Å². The molecule has 0 rings (SSSR count). The minimum atomic E-state index is 0.429. The zero-order chi connectivity index (χ0) is 10.5. The van der Waals surface area contributed by atoms with Crippen LogP contribution in [0, 0.1) is 29.1 Å². The van der Waals surface area contributed by atoms with Gasteiger partial charge in [-0.3, -0.25) is 0 Å². The molecule has 0 aromatic heterocycles. The van der Waals surface area contributed by atoms with Crippen molar-refractivity contribution in [3.63, 3.8) is 0 Å². The van der Waals surface area contributed by atoms with Crippen molar-refractivity contribution in [2.75, 3.05) is 0 Å². The Morgan fingerprint density at radius 3 is 2.08 bits per heavy atom. The van der Waals surface area contributed by atoms with Crippen molar-refractivity contribution < 1.29 is 0 Å². The second-order valence-corrected chi connectivity index (χ2v) is 4.82. The molecule has 0 N–H and O–H groups in total. The van der Waals surface area contributed by atoms with E-state index in [0.717, 1.165) is 18.3 Å². The monoisotopic (exact) mass is 180 g/mol. The van der Waals surface area contributed by atoms with Gasteiger partial charge in [0.05, 0.1) is 0 Å². The fourth-order valence-corrected chi connectivity index (χ4v) is 1.89. The molecule has 0 aliphatic heterocycles. The maximum atomic E-state index is 3.22. The standard InChI is InChI=1S/C13H24/c1-7-9-10-12(11(3)4)13(5,6)8-2/h11-12H,8,10H2,1-6H3. The van der Waals surface area contributed by atoms with Crippen LogP contribution in [0.15, 0.2) is 0 Å². The van der Waals surface area contributed by atoms with Gasteiger partial charge in [0.25, 0.3) is 0 Å². The van der Waals surface area contributed by atoms with Crippen LogP contribution >= 0.6 is 0 Å². The average Bonchev–Trinajstić information content (AvgIpc) is 2.04. The Labute approximate surface area is 84.1 Å². The van der Waals surface area contributed by atoms with Crippen LogP contribution in [0.25, 0.3) is 0 Å². The molecule has 1 unspecified atom stereocenters. The van der Waals surface area contributed by atoms with E-state index in [2.05, 4.69) is 46.5 Å². The minimum Gasteiger partial charge on any atom is -0.107 e. The van der Waals surface area contributed by atoms with Gasteiger partial charge in [0.15, 0.2) is 0 Å². The molecule has 0 bridgehead atoms. The molecule has 0 aliphatic carbocycles. The summed E-state index contributed by atoms with van der Waals surface area (Å²) in [5, 5.41) is 0. The zero-order valence-corrected chi connectivity index (χ0v) is 10.1. The van der Waals surface area contributed by atoms with Crippen molar-refractivity contribution in [3.8, 4) is 11.8 Å². The fourth-order valence-electron chi connectivity index (χ4n) is 1.89. The van der Waals surface area contributed by atoms with Crippen LogP contribution in [0.3, 0.4) is 0 Å². The molecule has 0 spiro atoms. The summed E-state index contributed by atoms with van der Waals surface area (Å²) in [5.41, 5.74) is 0.429. The van der Waals surface area contributed by atoms with Crippen LogP contribution in [-0.4, -0.2) is 0 Å². The molecule has 1 atom stereocenters. The van der Waals surface area contributed by atoms with Gasteiger partial charge in [-0.15, -0.1) is 11.8 Å². The topological polar surface area (TPSA) is 0 Å². The van der Waals surface area contributed by atoms with Gasteiger partial charge in [0.2, 0.25) is 0 Å². The highest BCUT2D eigenvalue weighted by Gasteiger charge is 2.29. The molecule has 0 radical (unpaired) electrons. The molecule has 0 saturated heterocycles. The summed E-state index contributed by atoms with van der Waals surface area (Å²) in [6.45, 7) is 13.5. The molecule has 13 heavy (non-hydrogen) atoms. The first-order valence-corrected chi connectivity index (χ1v) is 5.35. The lowest BCUT2D eigenvalue weighted by molar-refractivity contribution is 0.154. The Morgan fingerprint density at radius 1 is 1.23 bits per heavy atom. The summed E-state index contributed by atoms with van der Waals surface area (Å²) >= 11 is 0. The van der Waals surface area contributed by atoms with Crippen molar-refractivity contribution in [1.82, 2.24) is 0 Å². The second-order valence-electron chi connectivity index (χ2n) is 4.82. The Hall–Kier alpha value is -0.440. The smallest absolute Gasteiger partial charge is 0.0124 e. The molecule has 0 heterocycles. The first kappa shape index (κ1) is 12.6. The highest BCUT2D eigenvalue weighted by Crippen LogP contribution is 2.37. The van der Waals surface area contributed by atoms with E-state index in [1.165, 1.54) is 6.42 Å². The molecule has 0 aromatic carbocycles. The van der Waals surface area contributed by atoms with Gasteiger partial charge in [-0.05, 0) is 24.2 Å². The molecule has 0 amide bonds. The Balaban J connectivity index is 4.47. The fraction of sp³-hybridized carbons (Fsp3) is 0.846. The van der Waals surface area contributed by atoms with Gasteiger partial charge in [-0.2, -0.15) is 0 Å². The predicted octanol–water partition coefficient (Wildman–Crippen LogP) is 4.11. The number of hydrogen-bond donors (Lipinski definition) is 0. The highest BCUT2D eigenvalue weighted by atomic mass is 14.3. The molecule has 0 fully saturated rings. The Bertz CT molecular complexity index is 188. The van der Waals surface area contributed by atoms with E-state index in [1.54, 1.807) is 0 Å². The summed E-state index contributed by atoms with van der Waals surface area (Å²) in [7, 11) is 0. The third kappa shape index (κ3) is 3.85. The molecule has 0 saturated carbocycles. The molecule has 0 aliphatic rings. The predicted molar refractivity (Wildman–Crippen MR) is 60.5 cm³/mol. The largest absolute Gasteiger partial charge is 0.107 e. The molecule has 76 valence electrons. The normalized spacial score (nSPS) is 13.8. The van der Waals surface area contributed by atoms with E-state index in [9.17, 15) is 0 Å². The molecular formula is C13H24. The summed E-state index contributed by atoms with van der Waals surface area (Å²) < 4.78 is 0. The summed E-state index contributed by atoms with van der Waals surface area (Å²) in [6, 6.07) is 0. The molecule has 0 heteroatoms. The van der Waals surface area contributed by atoms with Crippen molar-refractivity contribution in [2.45, 2.75) is 54.4 Å². The van der Waals surface area contributed by atoms with Gasteiger partial charge in [-0.1, -0.05) is 41.0 Å². The third-order valence-electron chi connectivity index (χ3n) is 3.22. The van der Waals surface area contributed by atoms with Crippen LogP contribution in [0.1, 0.15) is 54.4 Å². The highest BCUT2D eigenvalue weighted by molar-refractivity contribution is 4.99. The minimum absolute atomic E-state index is 0.429. The van der Waals surface area contributed by atoms with Crippen molar-refractivity contribution in [2.24, 2.45) is 17.3 Å². The van der Waals surface area contributed by atoms with Gasteiger partial charge in [-0.25, -0.2) is 0 Å². The van der Waals surface area contributed by atoms with Crippen molar-refractivity contribution >= 4 is 0 Å². The van der Waals surface area contributed by atoms with Gasteiger partial charge < -0.3 is 0 Å². The zero-order valence-electron chi connectivity index (χ0n) is 10.1. The van der Waals surface area contributed by atoms with Crippen LogP contribution in [0.2, 0.25) is 0 Å². The van der Waals surface area contributed by atoms with Crippen molar-refractivity contribution in [3.05, 3.63) is 0 Å². The second kappa shape index (κ2) is 5.32. The summed E-state index contributed by atoms with van der Waals surface area (Å²) in [5.74, 6) is 7.68. The van der Waals surface area contributed by atoms with E-state index < -0.39 is 0 Å². The van der Waals surface area contributed by atoms with Crippen LogP contribution in [0.5, 0.6) is 0 Å². The van der Waals surface area contributed by atoms with Gasteiger partial charge in [0, 0.05) is 6.42 Å². The first-order chi connectivity index (χ1) is 5.95. The van der Waals surface area contributed by atoms with Crippen molar-refractivity contribution in [1.29, 1.82) is 0 Å². The van der Waals surface area contributed by atoms with E-state index in [-0.39, 0.29) is 0 Å². The maximum absolute atomic E-state index is 3.22. The van der Waals surface area contributed by atoms with Gasteiger partial charge >= 0.3 is 0 Å². The molecule has 0 nitrogen and oxygen atoms in total. The lowest BCUT2D eigenvalue weighted by Gasteiger charge is -2.35. The number of rotatable bonds is 4. The average molecular weight is 180 g/mol. The summed E-state index contributed by atoms with van der Waals surface area (Å²) in [6.07, 6.45) is 2.29. The number of hydrogen-bond acceptors (Lipinski definition) is 0. The quantitative estimate of drug-likeness (QED) is 0.571. The maximum Gasteiger partial charge on any atom is 0.0124 e. The lowest BCUT2D eigenvalue weighted by atomic mass is 9.70.